The van der Waals surface area contributed by atoms with Crippen LogP contribution in [0.15, 0.2) is 255 Å². The first-order valence-corrected chi connectivity index (χ1v) is 22.0. The van der Waals surface area contributed by atoms with Crippen molar-refractivity contribution in [3.63, 3.8) is 0 Å². The fourth-order valence-corrected chi connectivity index (χ4v) is 10.7. The summed E-state index contributed by atoms with van der Waals surface area (Å²) < 4.78 is 0. The number of nitrogen functional groups attached to an aromatic ring is 2. The fraction of sp³-hybridized carbons (Fsp3) is 0.0323. The van der Waals surface area contributed by atoms with E-state index in [1.807, 2.05) is 24.3 Å². The van der Waals surface area contributed by atoms with Crippen LogP contribution in [0, 0.1) is 0 Å². The van der Waals surface area contributed by atoms with Gasteiger partial charge in [-0.25, -0.2) is 0 Å². The molecule has 0 heterocycles. The molecule has 0 radical (unpaired) electrons. The van der Waals surface area contributed by atoms with Crippen molar-refractivity contribution in [3.8, 4) is 44.5 Å². The molecule has 0 saturated heterocycles. The molecule has 0 unspecified atom stereocenters. The normalized spacial score (nSPS) is 13.4. The fourth-order valence-electron chi connectivity index (χ4n) is 10.7. The zero-order chi connectivity index (χ0) is 43.1. The van der Waals surface area contributed by atoms with Crippen LogP contribution in [-0.4, -0.2) is 0 Å². The summed E-state index contributed by atoms with van der Waals surface area (Å²) >= 11 is 0. The number of para-hydroxylation sites is 2. The maximum Gasteiger partial charge on any atom is 0.0713 e. The average molecular weight is 819 g/mol. The lowest BCUT2D eigenvalue weighted by Crippen LogP contribution is -2.28. The largest absolute Gasteiger partial charge is 0.398 e. The van der Waals surface area contributed by atoms with Crippen molar-refractivity contribution in [2.24, 2.45) is 0 Å². The van der Waals surface area contributed by atoms with Gasteiger partial charge in [0.15, 0.2) is 0 Å². The average Bonchev–Trinajstić information content (AvgIpc) is 3.83. The molecule has 0 aliphatic heterocycles. The van der Waals surface area contributed by atoms with Gasteiger partial charge < -0.3 is 11.5 Å². The number of benzene rings is 10. The monoisotopic (exact) mass is 818 g/mol. The summed E-state index contributed by atoms with van der Waals surface area (Å²) in [7, 11) is 0. The van der Waals surface area contributed by atoms with Crippen LogP contribution in [0.2, 0.25) is 0 Å². The highest BCUT2D eigenvalue weighted by Crippen LogP contribution is 2.58. The second-order valence-corrected chi connectivity index (χ2v) is 16.8. The van der Waals surface area contributed by atoms with E-state index in [9.17, 15) is 0 Å². The van der Waals surface area contributed by atoms with Crippen LogP contribution in [0.5, 0.6) is 0 Å². The minimum absolute atomic E-state index is 0.381. The van der Waals surface area contributed by atoms with Gasteiger partial charge in [0, 0.05) is 22.5 Å². The van der Waals surface area contributed by atoms with Crippen molar-refractivity contribution >= 4 is 11.4 Å². The van der Waals surface area contributed by atoms with Crippen molar-refractivity contribution in [2.45, 2.75) is 10.8 Å². The maximum atomic E-state index is 6.37. The molecule has 0 atom stereocenters. The van der Waals surface area contributed by atoms with E-state index in [1.54, 1.807) is 0 Å². The molecule has 10 aromatic rings. The SMILES string of the molecule is Nc1ccccc1-c1ccc2c(c1)C(c1ccccc1)(c1ccccc1)c1ccccc1-2.Nc1ccccc1-c1ccc2c(c1)C(c1ccccc1)(c1ccccc1)c1ccccc1-2. The molecule has 0 aromatic heterocycles. The van der Waals surface area contributed by atoms with Crippen molar-refractivity contribution in [2.75, 3.05) is 11.5 Å². The lowest BCUT2D eigenvalue weighted by Gasteiger charge is -2.34. The van der Waals surface area contributed by atoms with Crippen molar-refractivity contribution < 1.29 is 0 Å². The molecule has 0 fully saturated rings. The Balaban J connectivity index is 0.000000143. The van der Waals surface area contributed by atoms with E-state index in [-0.39, 0.29) is 10.8 Å². The first-order valence-electron chi connectivity index (χ1n) is 22.0. The summed E-state index contributed by atoms with van der Waals surface area (Å²) in [4.78, 5) is 0. The summed E-state index contributed by atoms with van der Waals surface area (Å²) in [5, 5.41) is 0. The van der Waals surface area contributed by atoms with Gasteiger partial charge in [0.25, 0.3) is 0 Å². The Kier molecular flexibility index (Phi) is 9.63. The van der Waals surface area contributed by atoms with Gasteiger partial charge in [-0.1, -0.05) is 231 Å². The second-order valence-electron chi connectivity index (χ2n) is 16.8. The van der Waals surface area contributed by atoms with Crippen LogP contribution in [0.25, 0.3) is 44.5 Å². The summed E-state index contributed by atoms with van der Waals surface area (Å²) in [5.41, 5.74) is 33.5. The van der Waals surface area contributed by atoms with Gasteiger partial charge in [0.2, 0.25) is 0 Å². The molecular weight excluding hydrogens is 773 g/mol. The molecule has 2 nitrogen and oxygen atoms in total. The first kappa shape index (κ1) is 38.7. The van der Waals surface area contributed by atoms with E-state index < -0.39 is 0 Å². The number of hydrogen-bond donors (Lipinski definition) is 2. The van der Waals surface area contributed by atoms with E-state index >= 15 is 0 Å². The highest BCUT2D eigenvalue weighted by atomic mass is 14.6. The van der Waals surface area contributed by atoms with Crippen LogP contribution in [0.3, 0.4) is 0 Å². The van der Waals surface area contributed by atoms with E-state index in [1.165, 1.54) is 66.8 Å². The Morgan fingerprint density at radius 3 is 0.812 bits per heavy atom. The molecule has 0 bridgehead atoms. The predicted octanol–water partition coefficient (Wildman–Crippen LogP) is 14.6. The zero-order valence-corrected chi connectivity index (χ0v) is 35.4. The van der Waals surface area contributed by atoms with Crippen LogP contribution in [-0.2, 0) is 10.8 Å². The van der Waals surface area contributed by atoms with Gasteiger partial charge in [0.1, 0.15) is 0 Å². The molecule has 0 spiro atoms. The Labute approximate surface area is 375 Å². The van der Waals surface area contributed by atoms with Crippen LogP contribution in [0.1, 0.15) is 44.5 Å². The Morgan fingerprint density at radius 1 is 0.219 bits per heavy atom. The third kappa shape index (κ3) is 6.02. The van der Waals surface area contributed by atoms with Gasteiger partial charge in [-0.05, 0) is 102 Å². The first-order chi connectivity index (χ1) is 31.6. The van der Waals surface area contributed by atoms with Crippen molar-refractivity contribution in [1.29, 1.82) is 0 Å². The molecule has 64 heavy (non-hydrogen) atoms. The molecule has 2 aliphatic rings. The van der Waals surface area contributed by atoms with Gasteiger partial charge in [-0.3, -0.25) is 0 Å². The molecule has 304 valence electrons. The maximum absolute atomic E-state index is 6.37. The van der Waals surface area contributed by atoms with E-state index in [4.69, 9.17) is 11.5 Å². The van der Waals surface area contributed by atoms with Crippen LogP contribution in [0.4, 0.5) is 11.4 Å². The number of anilines is 2. The third-order valence-electron chi connectivity index (χ3n) is 13.5. The van der Waals surface area contributed by atoms with Crippen molar-refractivity contribution in [1.82, 2.24) is 0 Å². The number of hydrogen-bond acceptors (Lipinski definition) is 2. The molecule has 12 rings (SSSR count). The molecular formula is C62H46N2. The standard InChI is InChI=1S/2C31H23N/c2*32-30-18-10-8-15-25(30)22-19-20-27-26-16-7-9-17-28(26)31(29(27)21-22,23-11-3-1-4-12-23)24-13-5-2-6-14-24/h2*1-21H,32H2. The summed E-state index contributed by atoms with van der Waals surface area (Å²) in [5.74, 6) is 0. The molecule has 0 saturated carbocycles. The summed E-state index contributed by atoms with van der Waals surface area (Å²) in [6.45, 7) is 0. The van der Waals surface area contributed by atoms with Crippen LogP contribution >= 0.6 is 0 Å². The highest BCUT2D eigenvalue weighted by Gasteiger charge is 2.47. The molecule has 2 aliphatic carbocycles. The van der Waals surface area contributed by atoms with E-state index in [2.05, 4.69) is 231 Å². The molecule has 2 heteroatoms. The van der Waals surface area contributed by atoms with Gasteiger partial charge >= 0.3 is 0 Å². The van der Waals surface area contributed by atoms with E-state index in [0.717, 1.165) is 33.6 Å². The molecule has 0 amide bonds. The summed E-state index contributed by atoms with van der Waals surface area (Å²) in [6.07, 6.45) is 0. The second kappa shape index (κ2) is 15.9. The highest BCUT2D eigenvalue weighted by molar-refractivity contribution is 5.91. The van der Waals surface area contributed by atoms with Gasteiger partial charge in [0.05, 0.1) is 10.8 Å². The zero-order valence-electron chi connectivity index (χ0n) is 35.4. The quantitative estimate of drug-likeness (QED) is 0.164. The minimum Gasteiger partial charge on any atom is -0.398 e. The number of nitrogens with two attached hydrogens (primary N) is 2. The topological polar surface area (TPSA) is 52.0 Å². The predicted molar refractivity (Wildman–Crippen MR) is 267 cm³/mol. The third-order valence-corrected chi connectivity index (χ3v) is 13.5. The lowest BCUT2D eigenvalue weighted by molar-refractivity contribution is 0.769. The number of fused-ring (bicyclic) bond motifs is 6. The Hall–Kier alpha value is -8.20. The van der Waals surface area contributed by atoms with Crippen LogP contribution < -0.4 is 11.5 Å². The molecule has 10 aromatic carbocycles. The molecule has 4 N–H and O–H groups in total. The van der Waals surface area contributed by atoms with E-state index in [0.29, 0.717) is 0 Å². The number of rotatable bonds is 6. The Bertz CT molecular complexity index is 2980. The summed E-state index contributed by atoms with van der Waals surface area (Å²) in [6, 6.07) is 91.0. The lowest BCUT2D eigenvalue weighted by atomic mass is 9.67. The smallest absolute Gasteiger partial charge is 0.0713 e. The van der Waals surface area contributed by atoms with Gasteiger partial charge in [-0.2, -0.15) is 0 Å². The van der Waals surface area contributed by atoms with Crippen molar-refractivity contribution in [3.05, 3.63) is 299 Å². The van der Waals surface area contributed by atoms with Gasteiger partial charge in [-0.15, -0.1) is 0 Å². The Morgan fingerprint density at radius 2 is 0.484 bits per heavy atom. The minimum atomic E-state index is -0.381.